The quantitative estimate of drug-likeness (QED) is 0.938. The minimum atomic E-state index is -0.285. The molecule has 0 saturated carbocycles. The van der Waals surface area contributed by atoms with Gasteiger partial charge in [0.25, 0.3) is 0 Å². The number of benzene rings is 1. The summed E-state index contributed by atoms with van der Waals surface area (Å²) >= 11 is 0. The number of nitrogens with two attached hydrogens (primary N) is 1. The molecule has 0 fully saturated rings. The number of aliphatic imine (C=N–C) groups is 1. The van der Waals surface area contributed by atoms with E-state index in [1.807, 2.05) is 28.0 Å². The summed E-state index contributed by atoms with van der Waals surface area (Å²) in [5.74, 6) is 0.126. The van der Waals surface area contributed by atoms with Crippen LogP contribution in [0, 0.1) is 5.82 Å². The smallest absolute Gasteiger partial charge is 0.196 e. The second kappa shape index (κ2) is 5.55. The van der Waals surface area contributed by atoms with Gasteiger partial charge < -0.3 is 10.6 Å². The summed E-state index contributed by atoms with van der Waals surface area (Å²) in [5, 5.41) is 4.35. The first-order valence-electron chi connectivity index (χ1n) is 7.06. The van der Waals surface area contributed by atoms with Gasteiger partial charge in [0.15, 0.2) is 5.96 Å². The molecule has 0 saturated heterocycles. The fourth-order valence-electron chi connectivity index (χ4n) is 2.59. The van der Waals surface area contributed by atoms with Gasteiger partial charge in [-0.2, -0.15) is 5.10 Å². The molecule has 0 amide bonds. The molecule has 0 radical (unpaired) electrons. The van der Waals surface area contributed by atoms with Crippen molar-refractivity contribution in [3.05, 3.63) is 48.0 Å². The first-order chi connectivity index (χ1) is 10.2. The highest BCUT2D eigenvalue weighted by molar-refractivity contribution is 5.97. The van der Waals surface area contributed by atoms with Crippen LogP contribution in [-0.4, -0.2) is 22.3 Å². The molecule has 3 rings (SSSR count). The van der Waals surface area contributed by atoms with E-state index in [0.29, 0.717) is 18.2 Å². The Labute approximate surface area is 122 Å². The van der Waals surface area contributed by atoms with Gasteiger partial charge in [-0.05, 0) is 24.6 Å². The van der Waals surface area contributed by atoms with Gasteiger partial charge in [-0.1, -0.05) is 13.0 Å². The van der Waals surface area contributed by atoms with Crippen LogP contribution in [0.15, 0.2) is 41.7 Å². The lowest BCUT2D eigenvalue weighted by Crippen LogP contribution is -2.36. The molecule has 6 heteroatoms. The van der Waals surface area contributed by atoms with Crippen molar-refractivity contribution in [1.29, 1.82) is 0 Å². The van der Waals surface area contributed by atoms with Crippen LogP contribution in [0.5, 0.6) is 0 Å². The molecular weight excluding hydrogens is 269 g/mol. The molecule has 1 aliphatic heterocycles. The number of rotatable bonds is 4. The summed E-state index contributed by atoms with van der Waals surface area (Å²) in [6.45, 7) is 3.54. The highest BCUT2D eigenvalue weighted by Crippen LogP contribution is 2.31. The standard InChI is InChI=1S/C15H18FN5/c1-2-6-20-10-11(8-19-20)14-9-18-15(17)21(14)13-5-3-4-12(16)7-13/h3-5,7-8,10,14H,2,6,9H2,1H3,(H2,17,18). The van der Waals surface area contributed by atoms with Gasteiger partial charge >= 0.3 is 0 Å². The molecule has 1 atom stereocenters. The van der Waals surface area contributed by atoms with Crippen molar-refractivity contribution < 1.29 is 4.39 Å². The molecule has 1 unspecified atom stereocenters. The Kier molecular flexibility index (Phi) is 3.60. The van der Waals surface area contributed by atoms with Crippen LogP contribution in [0.2, 0.25) is 0 Å². The first-order valence-corrected chi connectivity index (χ1v) is 7.06. The predicted octanol–water partition coefficient (Wildman–Crippen LogP) is 2.31. The van der Waals surface area contributed by atoms with Crippen LogP contribution in [0.1, 0.15) is 24.9 Å². The Hall–Kier alpha value is -2.37. The minimum Gasteiger partial charge on any atom is -0.369 e. The fraction of sp³-hybridized carbons (Fsp3) is 0.333. The molecule has 1 aromatic heterocycles. The molecule has 2 aromatic rings. The molecule has 1 aliphatic rings. The third-order valence-corrected chi connectivity index (χ3v) is 3.56. The topological polar surface area (TPSA) is 59.4 Å². The Morgan fingerprint density at radius 3 is 3.05 bits per heavy atom. The van der Waals surface area contributed by atoms with E-state index in [2.05, 4.69) is 17.0 Å². The summed E-state index contributed by atoms with van der Waals surface area (Å²) in [4.78, 5) is 6.16. The number of nitrogens with zero attached hydrogens (tertiary/aromatic N) is 4. The maximum atomic E-state index is 13.5. The molecule has 2 N–H and O–H groups in total. The summed E-state index contributed by atoms with van der Waals surface area (Å²) in [6.07, 6.45) is 4.87. The largest absolute Gasteiger partial charge is 0.369 e. The number of aryl methyl sites for hydroxylation is 1. The van der Waals surface area contributed by atoms with E-state index in [1.165, 1.54) is 12.1 Å². The summed E-state index contributed by atoms with van der Waals surface area (Å²) in [7, 11) is 0. The predicted molar refractivity (Wildman–Crippen MR) is 80.6 cm³/mol. The summed E-state index contributed by atoms with van der Waals surface area (Å²) in [5.41, 5.74) is 7.73. The van der Waals surface area contributed by atoms with Crippen molar-refractivity contribution in [2.45, 2.75) is 25.9 Å². The molecule has 5 nitrogen and oxygen atoms in total. The maximum absolute atomic E-state index is 13.5. The lowest BCUT2D eigenvalue weighted by molar-refractivity contribution is 0.601. The lowest BCUT2D eigenvalue weighted by Gasteiger charge is -2.25. The zero-order chi connectivity index (χ0) is 14.8. The molecule has 0 spiro atoms. The minimum absolute atomic E-state index is 0.0302. The lowest BCUT2D eigenvalue weighted by atomic mass is 10.1. The van der Waals surface area contributed by atoms with Crippen LogP contribution in [-0.2, 0) is 6.54 Å². The van der Waals surface area contributed by atoms with E-state index in [9.17, 15) is 4.39 Å². The molecular formula is C15H18FN5. The van der Waals surface area contributed by atoms with Crippen LogP contribution >= 0.6 is 0 Å². The van der Waals surface area contributed by atoms with Crippen molar-refractivity contribution in [2.24, 2.45) is 10.7 Å². The molecule has 110 valence electrons. The van der Waals surface area contributed by atoms with E-state index in [1.54, 1.807) is 6.07 Å². The second-order valence-electron chi connectivity index (χ2n) is 5.10. The number of guanidine groups is 1. The average molecular weight is 287 g/mol. The highest BCUT2D eigenvalue weighted by Gasteiger charge is 2.30. The molecule has 0 aliphatic carbocycles. The number of anilines is 1. The van der Waals surface area contributed by atoms with Gasteiger partial charge in [-0.25, -0.2) is 4.39 Å². The van der Waals surface area contributed by atoms with E-state index in [4.69, 9.17) is 5.73 Å². The maximum Gasteiger partial charge on any atom is 0.196 e. The Balaban J connectivity index is 1.91. The van der Waals surface area contributed by atoms with Gasteiger partial charge in [0, 0.05) is 24.0 Å². The number of halogens is 1. The Morgan fingerprint density at radius 1 is 1.43 bits per heavy atom. The monoisotopic (exact) mass is 287 g/mol. The molecule has 0 bridgehead atoms. The van der Waals surface area contributed by atoms with Crippen LogP contribution in [0.4, 0.5) is 10.1 Å². The van der Waals surface area contributed by atoms with Crippen molar-refractivity contribution in [2.75, 3.05) is 11.4 Å². The zero-order valence-corrected chi connectivity index (χ0v) is 11.9. The SMILES string of the molecule is CCCn1cc(C2CN=C(N)N2c2cccc(F)c2)cn1. The summed E-state index contributed by atoms with van der Waals surface area (Å²) < 4.78 is 15.4. The van der Waals surface area contributed by atoms with Crippen molar-refractivity contribution >= 4 is 11.6 Å². The fourth-order valence-corrected chi connectivity index (χ4v) is 2.59. The molecule has 2 heterocycles. The van der Waals surface area contributed by atoms with Crippen molar-refractivity contribution in [1.82, 2.24) is 9.78 Å². The van der Waals surface area contributed by atoms with E-state index in [-0.39, 0.29) is 11.9 Å². The van der Waals surface area contributed by atoms with Gasteiger partial charge in [-0.3, -0.25) is 9.67 Å². The number of hydrogen-bond donors (Lipinski definition) is 1. The molecule has 21 heavy (non-hydrogen) atoms. The van der Waals surface area contributed by atoms with Gasteiger partial charge in [-0.15, -0.1) is 0 Å². The Bertz CT molecular complexity index is 664. The first kappa shape index (κ1) is 13.6. The second-order valence-corrected chi connectivity index (χ2v) is 5.10. The average Bonchev–Trinajstić information content (AvgIpc) is 3.06. The van der Waals surface area contributed by atoms with Gasteiger partial charge in [0.05, 0.1) is 18.8 Å². The number of aromatic nitrogens is 2. The van der Waals surface area contributed by atoms with Crippen LogP contribution < -0.4 is 10.6 Å². The number of hydrogen-bond acceptors (Lipinski definition) is 4. The highest BCUT2D eigenvalue weighted by atomic mass is 19.1. The third kappa shape index (κ3) is 2.61. The van der Waals surface area contributed by atoms with E-state index >= 15 is 0 Å². The van der Waals surface area contributed by atoms with E-state index in [0.717, 1.165) is 18.5 Å². The van der Waals surface area contributed by atoms with E-state index < -0.39 is 0 Å². The van der Waals surface area contributed by atoms with Crippen LogP contribution in [0.25, 0.3) is 0 Å². The third-order valence-electron chi connectivity index (χ3n) is 3.56. The normalized spacial score (nSPS) is 18.1. The van der Waals surface area contributed by atoms with Crippen molar-refractivity contribution in [3.63, 3.8) is 0 Å². The van der Waals surface area contributed by atoms with Crippen LogP contribution in [0.3, 0.4) is 0 Å². The Morgan fingerprint density at radius 2 is 2.29 bits per heavy atom. The van der Waals surface area contributed by atoms with Gasteiger partial charge in [0.1, 0.15) is 5.82 Å². The van der Waals surface area contributed by atoms with Gasteiger partial charge in [0.2, 0.25) is 0 Å². The zero-order valence-electron chi connectivity index (χ0n) is 11.9. The summed E-state index contributed by atoms with van der Waals surface area (Å²) in [6, 6.07) is 6.37. The molecule has 1 aromatic carbocycles. The van der Waals surface area contributed by atoms with Crippen molar-refractivity contribution in [3.8, 4) is 0 Å².